The van der Waals surface area contributed by atoms with Gasteiger partial charge in [0.2, 0.25) is 5.82 Å². The first-order valence-corrected chi connectivity index (χ1v) is 11.2. The van der Waals surface area contributed by atoms with Crippen LogP contribution in [0.3, 0.4) is 0 Å². The van der Waals surface area contributed by atoms with E-state index < -0.39 is 17.8 Å². The van der Waals surface area contributed by atoms with Crippen LogP contribution in [0, 0.1) is 0 Å². The quantitative estimate of drug-likeness (QED) is 0.323. The average Bonchev–Trinajstić information content (AvgIpc) is 3.34. The molecule has 1 aliphatic rings. The van der Waals surface area contributed by atoms with Crippen molar-refractivity contribution in [3.63, 3.8) is 0 Å². The molecule has 3 aromatic carbocycles. The van der Waals surface area contributed by atoms with Gasteiger partial charge in [-0.15, -0.1) is 0 Å². The lowest BCUT2D eigenvalue weighted by Crippen LogP contribution is -2.46. The second-order valence-electron chi connectivity index (χ2n) is 7.96. The molecule has 35 heavy (non-hydrogen) atoms. The number of allylic oxidation sites excluding steroid dienone is 1. The summed E-state index contributed by atoms with van der Waals surface area (Å²) >= 11 is 5.65. The van der Waals surface area contributed by atoms with Crippen molar-refractivity contribution in [2.24, 2.45) is 0 Å². The van der Waals surface area contributed by atoms with Gasteiger partial charge in [-0.1, -0.05) is 65.8 Å². The molecule has 176 valence electrons. The molecule has 1 unspecified atom stereocenters. The zero-order valence-corrected chi connectivity index (χ0v) is 19.3. The fourth-order valence-corrected chi connectivity index (χ4v) is 4.42. The molecule has 4 aromatic rings. The van der Waals surface area contributed by atoms with Crippen LogP contribution in [-0.2, 0) is 6.18 Å². The normalized spacial score (nSPS) is 16.4. The minimum atomic E-state index is -4.43. The highest BCUT2D eigenvalue weighted by Crippen LogP contribution is 2.40. The lowest BCUT2D eigenvalue weighted by Gasteiger charge is -2.37. The van der Waals surface area contributed by atoms with Gasteiger partial charge >= 0.3 is 6.18 Å². The fourth-order valence-electron chi connectivity index (χ4n) is 4.06. The Morgan fingerprint density at radius 1 is 0.914 bits per heavy atom. The molecule has 0 amide bonds. The van der Waals surface area contributed by atoms with Gasteiger partial charge in [-0.2, -0.15) is 18.2 Å². The second kappa shape index (κ2) is 8.99. The molecule has 1 aliphatic heterocycles. The number of hydrogen-bond acceptors (Lipinski definition) is 4. The summed E-state index contributed by atoms with van der Waals surface area (Å²) in [6.07, 6.45) is -4.43. The standard InChI is InChI=1S/C26H19F3N4OS/c1-16-21(24-31-23(32-34-24)18-10-6-3-7-11-18)22(17-8-4-2-5-9-17)30-25(35)33(16)20-14-12-19(13-15-20)26(27,28)29/h2-15,22H,1H3,(H,30,35). The summed E-state index contributed by atoms with van der Waals surface area (Å²) in [5, 5.41) is 7.81. The highest BCUT2D eigenvalue weighted by molar-refractivity contribution is 7.80. The van der Waals surface area contributed by atoms with Gasteiger partial charge in [0.05, 0.1) is 17.2 Å². The van der Waals surface area contributed by atoms with Crippen molar-refractivity contribution in [3.05, 3.63) is 108 Å². The van der Waals surface area contributed by atoms with E-state index in [1.165, 1.54) is 12.1 Å². The Hall–Kier alpha value is -3.98. The van der Waals surface area contributed by atoms with Crippen molar-refractivity contribution in [2.45, 2.75) is 19.1 Å². The third-order valence-electron chi connectivity index (χ3n) is 5.76. The molecule has 0 saturated carbocycles. The number of halogens is 3. The molecule has 0 bridgehead atoms. The van der Waals surface area contributed by atoms with Crippen molar-refractivity contribution < 1.29 is 17.7 Å². The Morgan fingerprint density at radius 2 is 1.54 bits per heavy atom. The Morgan fingerprint density at radius 3 is 2.17 bits per heavy atom. The highest BCUT2D eigenvalue weighted by Gasteiger charge is 2.35. The molecule has 5 rings (SSSR count). The number of thiocarbonyl (C=S) groups is 1. The monoisotopic (exact) mass is 492 g/mol. The first kappa shape index (κ1) is 22.8. The van der Waals surface area contributed by atoms with Gasteiger partial charge in [0.25, 0.3) is 5.89 Å². The van der Waals surface area contributed by atoms with Crippen molar-refractivity contribution in [2.75, 3.05) is 4.90 Å². The zero-order chi connectivity index (χ0) is 24.6. The summed E-state index contributed by atoms with van der Waals surface area (Å²) in [7, 11) is 0. The molecular weight excluding hydrogens is 473 g/mol. The molecule has 2 heterocycles. The lowest BCUT2D eigenvalue weighted by molar-refractivity contribution is -0.137. The third kappa shape index (κ3) is 4.42. The van der Waals surface area contributed by atoms with E-state index in [2.05, 4.69) is 15.5 Å². The topological polar surface area (TPSA) is 54.2 Å². The number of rotatable bonds is 4. The zero-order valence-electron chi connectivity index (χ0n) is 18.5. The van der Waals surface area contributed by atoms with Crippen molar-refractivity contribution in [1.82, 2.24) is 15.5 Å². The van der Waals surface area contributed by atoms with E-state index in [4.69, 9.17) is 16.7 Å². The summed E-state index contributed by atoms with van der Waals surface area (Å²) in [5.74, 6) is 0.726. The molecule has 0 spiro atoms. The van der Waals surface area contributed by atoms with Crippen LogP contribution in [0.15, 0.2) is 95.1 Å². The molecule has 0 aliphatic carbocycles. The third-order valence-corrected chi connectivity index (χ3v) is 6.06. The van der Waals surface area contributed by atoms with Crippen molar-refractivity contribution in [3.8, 4) is 11.4 Å². The van der Waals surface area contributed by atoms with Gasteiger partial charge in [-0.05, 0) is 49.0 Å². The number of alkyl halides is 3. The average molecular weight is 493 g/mol. The predicted octanol–water partition coefficient (Wildman–Crippen LogP) is 6.62. The Bertz CT molecular complexity index is 1380. The molecule has 0 radical (unpaired) electrons. The highest BCUT2D eigenvalue weighted by atomic mass is 32.1. The molecule has 0 saturated heterocycles. The maximum atomic E-state index is 13.1. The summed E-state index contributed by atoms with van der Waals surface area (Å²) in [4.78, 5) is 6.31. The van der Waals surface area contributed by atoms with Gasteiger partial charge < -0.3 is 9.84 Å². The van der Waals surface area contributed by atoms with Crippen LogP contribution in [-0.4, -0.2) is 15.3 Å². The van der Waals surface area contributed by atoms with Crippen molar-refractivity contribution >= 4 is 28.6 Å². The number of aromatic nitrogens is 2. The van der Waals surface area contributed by atoms with E-state index >= 15 is 0 Å². The van der Waals surface area contributed by atoms with Crippen LogP contribution in [0.2, 0.25) is 0 Å². The summed E-state index contributed by atoms with van der Waals surface area (Å²) in [6, 6.07) is 23.6. The molecular formula is C26H19F3N4OS. The van der Waals surface area contributed by atoms with E-state index in [9.17, 15) is 13.2 Å². The number of anilines is 1. The van der Waals surface area contributed by atoms with Crippen LogP contribution in [0.5, 0.6) is 0 Å². The van der Waals surface area contributed by atoms with Gasteiger partial charge in [-0.25, -0.2) is 0 Å². The Balaban J connectivity index is 1.62. The first-order valence-electron chi connectivity index (χ1n) is 10.8. The second-order valence-corrected chi connectivity index (χ2v) is 8.35. The Labute approximate surface area is 204 Å². The minimum absolute atomic E-state index is 0.294. The van der Waals surface area contributed by atoms with Gasteiger partial charge in [0, 0.05) is 16.9 Å². The van der Waals surface area contributed by atoms with Crippen LogP contribution >= 0.6 is 12.2 Å². The summed E-state index contributed by atoms with van der Waals surface area (Å²) in [5.41, 5.74) is 2.84. The lowest BCUT2D eigenvalue weighted by atomic mass is 9.94. The van der Waals surface area contributed by atoms with E-state index in [0.29, 0.717) is 33.8 Å². The Kier molecular flexibility index (Phi) is 5.86. The molecule has 1 aromatic heterocycles. The summed E-state index contributed by atoms with van der Waals surface area (Å²) in [6.45, 7) is 1.84. The van der Waals surface area contributed by atoms with Crippen LogP contribution in [0.4, 0.5) is 18.9 Å². The molecule has 5 nitrogen and oxygen atoms in total. The summed E-state index contributed by atoms with van der Waals surface area (Å²) < 4.78 is 45.0. The molecule has 1 atom stereocenters. The van der Waals surface area contributed by atoms with Crippen LogP contribution in [0.25, 0.3) is 17.0 Å². The van der Waals surface area contributed by atoms with Gasteiger partial charge in [0.1, 0.15) is 0 Å². The van der Waals surface area contributed by atoms with Crippen molar-refractivity contribution in [1.29, 1.82) is 0 Å². The number of benzene rings is 3. The maximum absolute atomic E-state index is 13.1. The SMILES string of the molecule is CC1=C(c2nc(-c3ccccc3)no2)C(c2ccccc2)NC(=S)N1c1ccc(C(F)(F)F)cc1. The molecule has 9 heteroatoms. The van der Waals surface area contributed by atoms with E-state index in [1.54, 1.807) is 4.90 Å². The fraction of sp³-hybridized carbons (Fsp3) is 0.115. The number of nitrogens with one attached hydrogen (secondary N) is 1. The number of nitrogens with zero attached hydrogens (tertiary/aromatic N) is 3. The van der Waals surface area contributed by atoms with E-state index in [0.717, 1.165) is 23.3 Å². The van der Waals surface area contributed by atoms with Crippen LogP contribution in [0.1, 0.15) is 30.0 Å². The van der Waals surface area contributed by atoms with Gasteiger partial charge in [-0.3, -0.25) is 4.90 Å². The first-order chi connectivity index (χ1) is 16.8. The minimum Gasteiger partial charge on any atom is -0.351 e. The molecule has 1 N–H and O–H groups in total. The number of hydrogen-bond donors (Lipinski definition) is 1. The van der Waals surface area contributed by atoms with Crippen LogP contribution < -0.4 is 10.2 Å². The molecule has 0 fully saturated rings. The predicted molar refractivity (Wildman–Crippen MR) is 131 cm³/mol. The smallest absolute Gasteiger partial charge is 0.351 e. The van der Waals surface area contributed by atoms with E-state index in [-0.39, 0.29) is 0 Å². The largest absolute Gasteiger partial charge is 0.416 e. The maximum Gasteiger partial charge on any atom is 0.416 e. The van der Waals surface area contributed by atoms with Gasteiger partial charge in [0.15, 0.2) is 5.11 Å². The van der Waals surface area contributed by atoms with E-state index in [1.807, 2.05) is 67.6 Å².